The number of carbonyl (C=O) groups excluding carboxylic acids is 1. The number of ether oxygens (including phenoxy) is 1. The van der Waals surface area contributed by atoms with Crippen molar-refractivity contribution >= 4 is 24.3 Å². The zero-order valence-corrected chi connectivity index (χ0v) is 11.8. The first-order chi connectivity index (χ1) is 9.16. The highest BCUT2D eigenvalue weighted by atomic mass is 35.5. The van der Waals surface area contributed by atoms with Crippen LogP contribution in [0, 0.1) is 0 Å². The van der Waals surface area contributed by atoms with Gasteiger partial charge in [0.1, 0.15) is 11.3 Å². The van der Waals surface area contributed by atoms with Crippen LogP contribution in [0.25, 0.3) is 0 Å². The lowest BCUT2D eigenvalue weighted by Crippen LogP contribution is -2.23. The molecular weight excluding hydrogens is 282 g/mol. The molecular formula is C14H18ClNO4. The third-order valence-corrected chi connectivity index (χ3v) is 3.20. The zero-order valence-electron chi connectivity index (χ0n) is 11.0. The van der Waals surface area contributed by atoms with Gasteiger partial charge in [-0.3, -0.25) is 4.79 Å². The van der Waals surface area contributed by atoms with Gasteiger partial charge in [-0.05, 0) is 37.9 Å². The first-order valence-electron chi connectivity index (χ1n) is 6.43. The number of carboxylic acid groups (broad SMARTS) is 1. The second-order valence-corrected chi connectivity index (χ2v) is 4.61. The lowest BCUT2D eigenvalue weighted by molar-refractivity contribution is -0.134. The van der Waals surface area contributed by atoms with E-state index in [2.05, 4.69) is 5.32 Å². The standard InChI is InChI=1S/C14H17NO4.ClH/c16-13(8-7-10-4-3-9-15-10)19-12-6-2-1-5-11(12)14(17)18;/h1-2,5-6,10,15H,3-4,7-9H2,(H,17,18);1H. The van der Waals surface area contributed by atoms with E-state index in [1.165, 1.54) is 12.1 Å². The number of carbonyl (C=O) groups is 2. The van der Waals surface area contributed by atoms with Crippen molar-refractivity contribution in [2.24, 2.45) is 0 Å². The molecule has 0 aliphatic carbocycles. The third kappa shape index (κ3) is 4.51. The molecule has 110 valence electrons. The fraction of sp³-hybridized carbons (Fsp3) is 0.429. The van der Waals surface area contributed by atoms with Gasteiger partial charge in [-0.2, -0.15) is 0 Å². The molecule has 1 aliphatic heterocycles. The van der Waals surface area contributed by atoms with Crippen LogP contribution in [-0.4, -0.2) is 29.6 Å². The van der Waals surface area contributed by atoms with Gasteiger partial charge in [-0.15, -0.1) is 12.4 Å². The number of halogens is 1. The number of hydrogen-bond acceptors (Lipinski definition) is 4. The molecule has 1 unspecified atom stereocenters. The van der Waals surface area contributed by atoms with E-state index in [9.17, 15) is 9.59 Å². The minimum Gasteiger partial charge on any atom is -0.478 e. The summed E-state index contributed by atoms with van der Waals surface area (Å²) < 4.78 is 5.12. The summed E-state index contributed by atoms with van der Waals surface area (Å²) in [5.41, 5.74) is 0.00911. The molecule has 0 aromatic heterocycles. The number of para-hydroxylation sites is 1. The first kappa shape index (κ1) is 16.5. The molecule has 1 aromatic rings. The van der Waals surface area contributed by atoms with Gasteiger partial charge in [0.2, 0.25) is 0 Å². The fourth-order valence-electron chi connectivity index (χ4n) is 2.20. The summed E-state index contributed by atoms with van der Waals surface area (Å²) in [7, 11) is 0. The second kappa shape index (κ2) is 7.87. The quantitative estimate of drug-likeness (QED) is 0.644. The van der Waals surface area contributed by atoms with Gasteiger partial charge >= 0.3 is 11.9 Å². The van der Waals surface area contributed by atoms with Crippen LogP contribution in [0.1, 0.15) is 36.0 Å². The molecule has 2 N–H and O–H groups in total. The molecule has 20 heavy (non-hydrogen) atoms. The Balaban J connectivity index is 0.00000200. The van der Waals surface area contributed by atoms with E-state index in [4.69, 9.17) is 9.84 Å². The Bertz CT molecular complexity index is 472. The number of carboxylic acids is 1. The first-order valence-corrected chi connectivity index (χ1v) is 6.43. The average molecular weight is 300 g/mol. The van der Waals surface area contributed by atoms with E-state index in [-0.39, 0.29) is 29.7 Å². The highest BCUT2D eigenvalue weighted by Crippen LogP contribution is 2.19. The Morgan fingerprint density at radius 2 is 2.10 bits per heavy atom. The molecule has 0 radical (unpaired) electrons. The molecule has 0 bridgehead atoms. The van der Waals surface area contributed by atoms with Crippen molar-refractivity contribution in [1.29, 1.82) is 0 Å². The van der Waals surface area contributed by atoms with E-state index in [1.54, 1.807) is 12.1 Å². The van der Waals surface area contributed by atoms with Gasteiger partial charge < -0.3 is 15.2 Å². The SMILES string of the molecule is Cl.O=C(CCC1CCCN1)Oc1ccccc1C(=O)O. The van der Waals surface area contributed by atoms with Crippen LogP contribution in [0.2, 0.25) is 0 Å². The molecule has 1 aliphatic rings. The van der Waals surface area contributed by atoms with E-state index in [0.717, 1.165) is 25.8 Å². The summed E-state index contributed by atoms with van der Waals surface area (Å²) in [4.78, 5) is 22.7. The number of esters is 1. The molecule has 1 heterocycles. The van der Waals surface area contributed by atoms with Crippen molar-refractivity contribution < 1.29 is 19.4 Å². The summed E-state index contributed by atoms with van der Waals surface area (Å²) in [5, 5.41) is 12.3. The highest BCUT2D eigenvalue weighted by molar-refractivity contribution is 5.91. The predicted octanol–water partition coefficient (Wildman–Crippen LogP) is 2.24. The predicted molar refractivity (Wildman–Crippen MR) is 76.5 cm³/mol. The number of hydrogen-bond donors (Lipinski definition) is 2. The summed E-state index contributed by atoms with van der Waals surface area (Å²) in [6.07, 6.45) is 3.25. The van der Waals surface area contributed by atoms with Crippen LogP contribution in [0.5, 0.6) is 5.75 Å². The van der Waals surface area contributed by atoms with Gasteiger partial charge in [-0.1, -0.05) is 12.1 Å². The maximum atomic E-state index is 11.7. The number of aromatic carboxylic acids is 1. The Kier molecular flexibility index (Phi) is 6.48. The van der Waals surface area contributed by atoms with E-state index >= 15 is 0 Å². The molecule has 5 nitrogen and oxygen atoms in total. The molecule has 1 atom stereocenters. The van der Waals surface area contributed by atoms with Crippen LogP contribution < -0.4 is 10.1 Å². The molecule has 0 amide bonds. The van der Waals surface area contributed by atoms with Crippen LogP contribution in [0.15, 0.2) is 24.3 Å². The summed E-state index contributed by atoms with van der Waals surface area (Å²) >= 11 is 0. The Hall–Kier alpha value is -1.59. The van der Waals surface area contributed by atoms with Crippen molar-refractivity contribution in [2.75, 3.05) is 6.54 Å². The number of nitrogens with one attached hydrogen (secondary N) is 1. The fourth-order valence-corrected chi connectivity index (χ4v) is 2.20. The lowest BCUT2D eigenvalue weighted by atomic mass is 10.1. The van der Waals surface area contributed by atoms with Gasteiger partial charge in [-0.25, -0.2) is 4.79 Å². The topological polar surface area (TPSA) is 75.6 Å². The second-order valence-electron chi connectivity index (χ2n) is 4.61. The zero-order chi connectivity index (χ0) is 13.7. The molecule has 1 fully saturated rings. The molecule has 2 rings (SSSR count). The monoisotopic (exact) mass is 299 g/mol. The maximum Gasteiger partial charge on any atom is 0.339 e. The van der Waals surface area contributed by atoms with Crippen LogP contribution in [-0.2, 0) is 4.79 Å². The van der Waals surface area contributed by atoms with Crippen LogP contribution in [0.4, 0.5) is 0 Å². The Morgan fingerprint density at radius 1 is 1.35 bits per heavy atom. The Labute approximate surface area is 123 Å². The summed E-state index contributed by atoms with van der Waals surface area (Å²) in [5.74, 6) is -1.37. The third-order valence-electron chi connectivity index (χ3n) is 3.20. The van der Waals surface area contributed by atoms with Crippen LogP contribution in [0.3, 0.4) is 0 Å². The normalized spacial score (nSPS) is 17.3. The number of rotatable bonds is 5. The van der Waals surface area contributed by atoms with E-state index in [0.29, 0.717) is 12.5 Å². The maximum absolute atomic E-state index is 11.7. The molecule has 1 aromatic carbocycles. The van der Waals surface area contributed by atoms with Crippen molar-refractivity contribution in [3.8, 4) is 5.75 Å². The van der Waals surface area contributed by atoms with Gasteiger partial charge in [0, 0.05) is 12.5 Å². The van der Waals surface area contributed by atoms with Gasteiger partial charge in [0.15, 0.2) is 0 Å². The van der Waals surface area contributed by atoms with Crippen molar-refractivity contribution in [2.45, 2.75) is 31.7 Å². The highest BCUT2D eigenvalue weighted by Gasteiger charge is 2.17. The molecule has 0 spiro atoms. The van der Waals surface area contributed by atoms with E-state index < -0.39 is 5.97 Å². The summed E-state index contributed by atoms with van der Waals surface area (Å²) in [6.45, 7) is 1.00. The largest absolute Gasteiger partial charge is 0.478 e. The molecule has 1 saturated heterocycles. The Morgan fingerprint density at radius 3 is 2.75 bits per heavy atom. The molecule has 0 saturated carbocycles. The van der Waals surface area contributed by atoms with E-state index in [1.807, 2.05) is 0 Å². The smallest absolute Gasteiger partial charge is 0.339 e. The molecule has 6 heteroatoms. The summed E-state index contributed by atoms with van der Waals surface area (Å²) in [6, 6.07) is 6.54. The van der Waals surface area contributed by atoms with Crippen molar-refractivity contribution in [3.63, 3.8) is 0 Å². The number of benzene rings is 1. The van der Waals surface area contributed by atoms with Gasteiger partial charge in [0.05, 0.1) is 0 Å². The van der Waals surface area contributed by atoms with Crippen molar-refractivity contribution in [1.82, 2.24) is 5.32 Å². The van der Waals surface area contributed by atoms with Gasteiger partial charge in [0.25, 0.3) is 0 Å². The minimum absolute atomic E-state index is 0. The average Bonchev–Trinajstić information content (AvgIpc) is 2.90. The van der Waals surface area contributed by atoms with Crippen LogP contribution >= 0.6 is 12.4 Å². The minimum atomic E-state index is -1.10. The lowest BCUT2D eigenvalue weighted by Gasteiger charge is -2.10. The van der Waals surface area contributed by atoms with Crippen molar-refractivity contribution in [3.05, 3.63) is 29.8 Å².